The van der Waals surface area contributed by atoms with E-state index in [9.17, 15) is 4.79 Å². The van der Waals surface area contributed by atoms with Gasteiger partial charge in [-0.05, 0) is 54.7 Å². The van der Waals surface area contributed by atoms with Crippen LogP contribution < -0.4 is 5.56 Å². The Morgan fingerprint density at radius 3 is 3.00 bits per heavy atom. The molecule has 2 aliphatic rings. The lowest BCUT2D eigenvalue weighted by Gasteiger charge is -2.47. The van der Waals surface area contributed by atoms with Crippen molar-refractivity contribution >= 4 is 34.2 Å². The second-order valence-electron chi connectivity index (χ2n) is 5.09. The van der Waals surface area contributed by atoms with Crippen molar-refractivity contribution in [3.05, 3.63) is 25.4 Å². The summed E-state index contributed by atoms with van der Waals surface area (Å²) in [4.78, 5) is 16.3. The van der Waals surface area contributed by atoms with E-state index in [2.05, 4.69) is 4.98 Å². The monoisotopic (exact) mass is 380 g/mol. The van der Waals surface area contributed by atoms with Gasteiger partial charge < -0.3 is 4.74 Å². The van der Waals surface area contributed by atoms with Crippen LogP contribution in [-0.4, -0.2) is 21.8 Å². The van der Waals surface area contributed by atoms with Gasteiger partial charge in [0.05, 0.1) is 11.9 Å². The van der Waals surface area contributed by atoms with Crippen LogP contribution in [0.3, 0.4) is 0 Å². The Kier molecular flexibility index (Phi) is 3.40. The number of hydrogen-bond donors (Lipinski definition) is 0. The molecule has 1 unspecified atom stereocenters. The molecule has 1 spiro atoms. The molecule has 1 saturated heterocycles. The van der Waals surface area contributed by atoms with Gasteiger partial charge in [0.15, 0.2) is 0 Å². The Balaban J connectivity index is 1.91. The van der Waals surface area contributed by atoms with Crippen LogP contribution in [0.4, 0.5) is 0 Å². The fraction of sp³-hybridized carbons (Fsp3) is 0.667. The quantitative estimate of drug-likeness (QED) is 0.556. The third-order valence-electron chi connectivity index (χ3n) is 4.02. The zero-order chi connectivity index (χ0) is 12.8. The topological polar surface area (TPSA) is 44.1 Å². The van der Waals surface area contributed by atoms with Gasteiger partial charge in [0.2, 0.25) is 0 Å². The SMILES string of the molecule is O=c1c(I)c(Cl)ncn1C1CCOC2(CCC2)C1. The number of aromatic nitrogens is 2. The van der Waals surface area contributed by atoms with Crippen molar-refractivity contribution in [3.8, 4) is 0 Å². The lowest BCUT2D eigenvalue weighted by molar-refractivity contribution is -0.140. The average Bonchev–Trinajstić information content (AvgIpc) is 2.34. The maximum atomic E-state index is 12.2. The predicted octanol–water partition coefficient (Wildman–Crippen LogP) is 2.78. The highest BCUT2D eigenvalue weighted by Crippen LogP contribution is 2.45. The highest BCUT2D eigenvalue weighted by atomic mass is 127. The minimum atomic E-state index is -0.0306. The molecule has 1 aromatic rings. The zero-order valence-corrected chi connectivity index (χ0v) is 12.8. The van der Waals surface area contributed by atoms with Crippen molar-refractivity contribution in [1.82, 2.24) is 9.55 Å². The Morgan fingerprint density at radius 1 is 1.56 bits per heavy atom. The molecule has 6 heteroatoms. The highest BCUT2D eigenvalue weighted by Gasteiger charge is 2.43. The fourth-order valence-corrected chi connectivity index (χ4v) is 3.38. The van der Waals surface area contributed by atoms with Crippen molar-refractivity contribution in [2.24, 2.45) is 0 Å². The predicted molar refractivity (Wildman–Crippen MR) is 77.0 cm³/mol. The summed E-state index contributed by atoms with van der Waals surface area (Å²) in [5.41, 5.74) is 0.00457. The molecule has 0 N–H and O–H groups in total. The Morgan fingerprint density at radius 2 is 2.33 bits per heavy atom. The first kappa shape index (κ1) is 12.9. The van der Waals surface area contributed by atoms with Crippen molar-refractivity contribution in [2.75, 3.05) is 6.61 Å². The molecule has 1 saturated carbocycles. The molecule has 1 aromatic heterocycles. The summed E-state index contributed by atoms with van der Waals surface area (Å²) in [5, 5.41) is 0.294. The van der Waals surface area contributed by atoms with E-state index >= 15 is 0 Å². The van der Waals surface area contributed by atoms with Crippen molar-refractivity contribution in [1.29, 1.82) is 0 Å². The third-order valence-corrected chi connectivity index (χ3v) is 5.60. The van der Waals surface area contributed by atoms with E-state index < -0.39 is 0 Å². The molecule has 0 aromatic carbocycles. The smallest absolute Gasteiger partial charge is 0.268 e. The first-order valence-electron chi connectivity index (χ1n) is 6.17. The third kappa shape index (κ3) is 2.10. The van der Waals surface area contributed by atoms with E-state index in [1.165, 1.54) is 6.42 Å². The summed E-state index contributed by atoms with van der Waals surface area (Å²) in [6, 6.07) is 0.199. The van der Waals surface area contributed by atoms with Crippen LogP contribution in [0.1, 0.15) is 38.1 Å². The number of nitrogens with zero attached hydrogens (tertiary/aromatic N) is 2. The van der Waals surface area contributed by atoms with Crippen LogP contribution in [-0.2, 0) is 4.74 Å². The molecular formula is C12H14ClIN2O2. The summed E-state index contributed by atoms with van der Waals surface area (Å²) >= 11 is 7.83. The molecule has 0 radical (unpaired) electrons. The van der Waals surface area contributed by atoms with Gasteiger partial charge >= 0.3 is 0 Å². The van der Waals surface area contributed by atoms with Gasteiger partial charge in [0.25, 0.3) is 5.56 Å². The van der Waals surface area contributed by atoms with Gasteiger partial charge in [0.1, 0.15) is 8.72 Å². The number of ether oxygens (including phenoxy) is 1. The van der Waals surface area contributed by atoms with Gasteiger partial charge in [-0.3, -0.25) is 9.36 Å². The summed E-state index contributed by atoms with van der Waals surface area (Å²) in [6.45, 7) is 0.732. The largest absolute Gasteiger partial charge is 0.375 e. The summed E-state index contributed by atoms with van der Waals surface area (Å²) in [6.07, 6.45) is 6.85. The molecule has 1 aliphatic carbocycles. The maximum absolute atomic E-state index is 12.2. The molecule has 1 atom stereocenters. The van der Waals surface area contributed by atoms with Crippen LogP contribution in [0.25, 0.3) is 0 Å². The molecule has 2 fully saturated rings. The number of rotatable bonds is 1. The van der Waals surface area contributed by atoms with Crippen molar-refractivity contribution < 1.29 is 4.74 Å². The first-order valence-corrected chi connectivity index (χ1v) is 7.63. The molecule has 18 heavy (non-hydrogen) atoms. The van der Waals surface area contributed by atoms with E-state index in [0.717, 1.165) is 32.3 Å². The van der Waals surface area contributed by atoms with Gasteiger partial charge in [-0.2, -0.15) is 0 Å². The Bertz CT molecular complexity index is 527. The van der Waals surface area contributed by atoms with Crippen LogP contribution in [0.5, 0.6) is 0 Å². The van der Waals surface area contributed by atoms with Crippen LogP contribution in [0, 0.1) is 3.57 Å². The van der Waals surface area contributed by atoms with Gasteiger partial charge in [-0.25, -0.2) is 4.98 Å². The summed E-state index contributed by atoms with van der Waals surface area (Å²) in [7, 11) is 0. The molecule has 0 bridgehead atoms. The molecule has 4 nitrogen and oxygen atoms in total. The molecule has 98 valence electrons. The van der Waals surface area contributed by atoms with E-state index in [4.69, 9.17) is 16.3 Å². The fourth-order valence-electron chi connectivity index (χ4n) is 2.84. The Labute approximate surface area is 124 Å². The molecular weight excluding hydrogens is 367 g/mol. The van der Waals surface area contributed by atoms with Crippen molar-refractivity contribution in [2.45, 2.75) is 43.7 Å². The first-order chi connectivity index (χ1) is 8.61. The molecule has 2 heterocycles. The molecule has 1 aliphatic heterocycles. The maximum Gasteiger partial charge on any atom is 0.268 e. The van der Waals surface area contributed by atoms with E-state index in [-0.39, 0.29) is 17.2 Å². The minimum absolute atomic E-state index is 0.0306. The average molecular weight is 381 g/mol. The highest BCUT2D eigenvalue weighted by molar-refractivity contribution is 14.1. The lowest BCUT2D eigenvalue weighted by Crippen LogP contribution is -2.47. The zero-order valence-electron chi connectivity index (χ0n) is 9.86. The summed E-state index contributed by atoms with van der Waals surface area (Å²) < 4.78 is 8.12. The Hall–Kier alpha value is -0.140. The van der Waals surface area contributed by atoms with E-state index in [1.54, 1.807) is 10.9 Å². The van der Waals surface area contributed by atoms with Gasteiger partial charge in [-0.15, -0.1) is 0 Å². The number of halogens is 2. The minimum Gasteiger partial charge on any atom is -0.375 e. The summed E-state index contributed by atoms with van der Waals surface area (Å²) in [5.74, 6) is 0. The van der Waals surface area contributed by atoms with Crippen LogP contribution in [0.2, 0.25) is 5.15 Å². The lowest BCUT2D eigenvalue weighted by atomic mass is 9.74. The van der Waals surface area contributed by atoms with Crippen LogP contribution in [0.15, 0.2) is 11.1 Å². The molecule has 0 amide bonds. The normalized spacial score (nSPS) is 26.0. The van der Waals surface area contributed by atoms with Gasteiger partial charge in [-0.1, -0.05) is 11.6 Å². The second kappa shape index (κ2) is 4.76. The molecule has 3 rings (SSSR count). The number of hydrogen-bond acceptors (Lipinski definition) is 3. The second-order valence-corrected chi connectivity index (χ2v) is 6.53. The standard InChI is InChI=1S/C12H14ClIN2O2/c13-10-9(14)11(17)16(7-15-10)8-2-5-18-12(6-8)3-1-4-12/h7-8H,1-6H2. The van der Waals surface area contributed by atoms with E-state index in [0.29, 0.717) is 8.72 Å². The van der Waals surface area contributed by atoms with Crippen molar-refractivity contribution in [3.63, 3.8) is 0 Å². The van der Waals surface area contributed by atoms with Crippen LogP contribution >= 0.6 is 34.2 Å². The van der Waals surface area contributed by atoms with E-state index in [1.807, 2.05) is 22.6 Å². The van der Waals surface area contributed by atoms with Gasteiger partial charge in [0, 0.05) is 12.6 Å².